The highest BCUT2D eigenvalue weighted by Gasteiger charge is 2.31. The van der Waals surface area contributed by atoms with E-state index in [9.17, 15) is 14.7 Å². The molecule has 1 aromatic carbocycles. The number of unbranched alkanes of at least 4 members (excludes halogenated alkanes) is 2. The van der Waals surface area contributed by atoms with E-state index >= 15 is 0 Å². The molecule has 0 aromatic heterocycles. The van der Waals surface area contributed by atoms with Gasteiger partial charge in [0.1, 0.15) is 11.8 Å². The van der Waals surface area contributed by atoms with Gasteiger partial charge in [-0.2, -0.15) is 0 Å². The van der Waals surface area contributed by atoms with Crippen LogP contribution in [0.3, 0.4) is 0 Å². The van der Waals surface area contributed by atoms with Crippen LogP contribution in [-0.2, 0) is 14.3 Å². The van der Waals surface area contributed by atoms with Gasteiger partial charge in [0.25, 0.3) is 0 Å². The summed E-state index contributed by atoms with van der Waals surface area (Å²) in [6.07, 6.45) is 5.57. The van der Waals surface area contributed by atoms with Gasteiger partial charge >= 0.3 is 11.9 Å². The predicted molar refractivity (Wildman–Crippen MR) is 105 cm³/mol. The third-order valence-electron chi connectivity index (χ3n) is 4.48. The number of ether oxygens (including phenoxy) is 1. The highest BCUT2D eigenvalue weighted by atomic mass is 16.5. The second-order valence-corrected chi connectivity index (χ2v) is 6.60. The summed E-state index contributed by atoms with van der Waals surface area (Å²) in [7, 11) is 0. The largest absolute Gasteiger partial charge is 0.494 e. The number of aliphatic carboxylic acids is 2. The molecule has 2 N–H and O–H groups in total. The Bertz CT molecular complexity index is 868. The maximum Gasteiger partial charge on any atom is 0.307 e. The Morgan fingerprint density at radius 3 is 2.50 bits per heavy atom. The molecule has 7 heteroatoms. The van der Waals surface area contributed by atoms with Gasteiger partial charge in [-0.05, 0) is 31.4 Å². The number of hydrogen-bond acceptors (Lipinski definition) is 5. The zero-order valence-electron chi connectivity index (χ0n) is 15.4. The summed E-state index contributed by atoms with van der Waals surface area (Å²) in [5, 5.41) is 18.0. The van der Waals surface area contributed by atoms with Gasteiger partial charge in [-0.25, -0.2) is 4.99 Å². The fraction of sp³-hybridized carbons (Fsp3) is 0.333. The molecule has 0 spiro atoms. The molecule has 1 unspecified atom stereocenters. The van der Waals surface area contributed by atoms with Crippen molar-refractivity contribution in [3.8, 4) is 0 Å². The number of aliphatic imine (C=N–C) groups is 2. The Hall–Kier alpha value is -3.22. The van der Waals surface area contributed by atoms with Gasteiger partial charge in [0.15, 0.2) is 5.84 Å². The average molecular weight is 382 g/mol. The van der Waals surface area contributed by atoms with Crippen molar-refractivity contribution in [3.63, 3.8) is 0 Å². The summed E-state index contributed by atoms with van der Waals surface area (Å²) in [5.74, 6) is -0.649. The molecule has 1 aliphatic heterocycles. The Morgan fingerprint density at radius 1 is 1.00 bits per heavy atom. The monoisotopic (exact) mass is 382 g/mol. The number of carbonyl (C=O) groups is 2. The van der Waals surface area contributed by atoms with Crippen molar-refractivity contribution < 1.29 is 24.5 Å². The summed E-state index contributed by atoms with van der Waals surface area (Å²) in [4.78, 5) is 31.1. The highest BCUT2D eigenvalue weighted by molar-refractivity contribution is 6.18. The van der Waals surface area contributed by atoms with E-state index in [1.807, 2.05) is 36.4 Å². The van der Waals surface area contributed by atoms with E-state index in [0.717, 1.165) is 12.0 Å². The molecule has 0 saturated carbocycles. The van der Waals surface area contributed by atoms with Crippen molar-refractivity contribution in [3.05, 3.63) is 59.4 Å². The summed E-state index contributed by atoms with van der Waals surface area (Å²) < 4.78 is 5.81. The third kappa shape index (κ3) is 4.94. The van der Waals surface area contributed by atoms with E-state index in [-0.39, 0.29) is 12.8 Å². The standard InChI is InChI=1S/C21H22N2O5/c24-18(25)9-5-2-6-12-28-17-11-10-16-20(15(17)13-19(26)27)23-21(22-16)14-7-3-1-4-8-14/h1,3-4,7-8,10-11,20H,2,5-6,9,12-13H2,(H,24,25)(H,26,27). The van der Waals surface area contributed by atoms with Crippen LogP contribution in [0.5, 0.6) is 0 Å². The minimum Gasteiger partial charge on any atom is -0.494 e. The van der Waals surface area contributed by atoms with E-state index in [1.54, 1.807) is 6.08 Å². The van der Waals surface area contributed by atoms with Crippen LogP contribution in [0.4, 0.5) is 0 Å². The van der Waals surface area contributed by atoms with Crippen molar-refractivity contribution in [2.75, 3.05) is 6.61 Å². The molecule has 3 rings (SSSR count). The van der Waals surface area contributed by atoms with Gasteiger partial charge in [0, 0.05) is 17.6 Å². The van der Waals surface area contributed by atoms with E-state index in [4.69, 9.17) is 9.84 Å². The molecule has 146 valence electrons. The molecule has 1 aromatic rings. The molecular formula is C21H22N2O5. The highest BCUT2D eigenvalue weighted by Crippen LogP contribution is 2.29. The van der Waals surface area contributed by atoms with Crippen LogP contribution in [0.2, 0.25) is 0 Å². The number of carboxylic acids is 2. The number of benzene rings is 1. The molecule has 28 heavy (non-hydrogen) atoms. The van der Waals surface area contributed by atoms with Crippen LogP contribution in [0, 0.1) is 0 Å². The number of nitrogens with zero attached hydrogens (tertiary/aromatic N) is 2. The fourth-order valence-electron chi connectivity index (χ4n) is 3.14. The van der Waals surface area contributed by atoms with Crippen LogP contribution in [0.25, 0.3) is 0 Å². The van der Waals surface area contributed by atoms with Gasteiger partial charge < -0.3 is 14.9 Å². The van der Waals surface area contributed by atoms with Gasteiger partial charge in [-0.1, -0.05) is 30.3 Å². The lowest BCUT2D eigenvalue weighted by Gasteiger charge is -2.20. The second kappa shape index (κ2) is 9.12. The summed E-state index contributed by atoms with van der Waals surface area (Å²) in [5.41, 5.74) is 2.18. The van der Waals surface area contributed by atoms with E-state index in [1.165, 1.54) is 0 Å². The maximum atomic E-state index is 11.4. The molecule has 0 amide bonds. The molecule has 0 radical (unpaired) electrons. The Labute approximate surface area is 162 Å². The van der Waals surface area contributed by atoms with Gasteiger partial charge in [-0.3, -0.25) is 14.6 Å². The molecule has 0 bridgehead atoms. The van der Waals surface area contributed by atoms with Crippen LogP contribution in [-0.4, -0.2) is 46.3 Å². The quantitative estimate of drug-likeness (QED) is 0.604. The fourth-order valence-corrected chi connectivity index (χ4v) is 3.14. The first kappa shape index (κ1) is 19.5. The molecular weight excluding hydrogens is 360 g/mol. The average Bonchev–Trinajstić information content (AvgIpc) is 3.11. The SMILES string of the molecule is O=C(O)CCCCCOC1=C(CC(=O)O)C2N=C(c3ccccc3)N=C2C=C1. The number of carboxylic acid groups (broad SMARTS) is 2. The number of allylic oxidation sites excluding steroid dienone is 1. The normalized spacial score (nSPS) is 17.8. The lowest BCUT2D eigenvalue weighted by Crippen LogP contribution is -2.24. The smallest absolute Gasteiger partial charge is 0.307 e. The minimum atomic E-state index is -0.949. The van der Waals surface area contributed by atoms with Crippen molar-refractivity contribution >= 4 is 23.5 Å². The predicted octanol–water partition coefficient (Wildman–Crippen LogP) is 3.22. The zero-order valence-corrected chi connectivity index (χ0v) is 15.4. The summed E-state index contributed by atoms with van der Waals surface area (Å²) in [6.45, 7) is 0.400. The number of rotatable bonds is 10. The molecule has 0 fully saturated rings. The second-order valence-electron chi connectivity index (χ2n) is 6.60. The van der Waals surface area contributed by atoms with Gasteiger partial charge in [0.2, 0.25) is 0 Å². The number of hydrogen-bond donors (Lipinski definition) is 2. The topological polar surface area (TPSA) is 109 Å². The summed E-state index contributed by atoms with van der Waals surface area (Å²) in [6, 6.07) is 9.11. The lowest BCUT2D eigenvalue weighted by atomic mass is 9.94. The van der Waals surface area contributed by atoms with E-state index in [2.05, 4.69) is 9.98 Å². The van der Waals surface area contributed by atoms with Crippen LogP contribution in [0.1, 0.15) is 37.7 Å². The van der Waals surface area contributed by atoms with Crippen LogP contribution >= 0.6 is 0 Å². The van der Waals surface area contributed by atoms with Gasteiger partial charge in [0.05, 0.1) is 18.7 Å². The Morgan fingerprint density at radius 2 is 1.79 bits per heavy atom. The molecule has 2 aliphatic rings. The number of amidine groups is 1. The Kier molecular flexibility index (Phi) is 6.37. The van der Waals surface area contributed by atoms with E-state index in [0.29, 0.717) is 42.3 Å². The molecule has 1 heterocycles. The molecule has 0 saturated heterocycles. The van der Waals surface area contributed by atoms with Crippen molar-refractivity contribution in [1.29, 1.82) is 0 Å². The van der Waals surface area contributed by atoms with Crippen molar-refractivity contribution in [1.82, 2.24) is 0 Å². The first-order valence-electron chi connectivity index (χ1n) is 9.24. The van der Waals surface area contributed by atoms with Crippen molar-refractivity contribution in [2.24, 2.45) is 9.98 Å². The summed E-state index contributed by atoms with van der Waals surface area (Å²) >= 11 is 0. The van der Waals surface area contributed by atoms with Crippen LogP contribution in [0.15, 0.2) is 63.8 Å². The van der Waals surface area contributed by atoms with Crippen LogP contribution < -0.4 is 0 Å². The van der Waals surface area contributed by atoms with Gasteiger partial charge in [-0.15, -0.1) is 0 Å². The maximum absolute atomic E-state index is 11.4. The molecule has 1 atom stereocenters. The molecule has 1 aliphatic carbocycles. The first-order chi connectivity index (χ1) is 13.5. The number of fused-ring (bicyclic) bond motifs is 1. The lowest BCUT2D eigenvalue weighted by molar-refractivity contribution is -0.137. The minimum absolute atomic E-state index is 0.145. The van der Waals surface area contributed by atoms with E-state index < -0.39 is 18.0 Å². The molecule has 7 nitrogen and oxygen atoms in total. The first-order valence-corrected chi connectivity index (χ1v) is 9.24. The zero-order chi connectivity index (χ0) is 19.9. The van der Waals surface area contributed by atoms with Crippen molar-refractivity contribution in [2.45, 2.75) is 38.1 Å². The Balaban J connectivity index is 1.71. The third-order valence-corrected chi connectivity index (χ3v) is 4.48.